The molecular formula is C26H29FN4O. The Kier molecular flexibility index (Phi) is 7.71. The Morgan fingerprint density at radius 2 is 1.84 bits per heavy atom. The Balaban J connectivity index is 0.00000141. The minimum atomic E-state index is -1.18. The maximum Gasteiger partial charge on any atom is 0.255 e. The normalized spacial score (nSPS) is 11.5. The van der Waals surface area contributed by atoms with Crippen LogP contribution < -0.4 is 5.32 Å². The van der Waals surface area contributed by atoms with E-state index in [1.807, 2.05) is 43.5 Å². The van der Waals surface area contributed by atoms with Crippen LogP contribution in [-0.4, -0.2) is 20.3 Å². The number of imidazole rings is 1. The number of amides is 1. The molecule has 3 aromatic heterocycles. The molecule has 1 atom stereocenters. The van der Waals surface area contributed by atoms with Crippen molar-refractivity contribution in [2.24, 2.45) is 0 Å². The fourth-order valence-electron chi connectivity index (χ4n) is 3.49. The third-order valence-electron chi connectivity index (χ3n) is 5.19. The number of carbonyl (C=O) groups is 1. The van der Waals surface area contributed by atoms with Gasteiger partial charge in [0.1, 0.15) is 11.8 Å². The molecule has 3 heterocycles. The summed E-state index contributed by atoms with van der Waals surface area (Å²) in [5.41, 5.74) is 5.42. The Morgan fingerprint density at radius 1 is 1.09 bits per heavy atom. The van der Waals surface area contributed by atoms with Gasteiger partial charge < -0.3 is 9.72 Å². The Hall–Kier alpha value is -3.54. The van der Waals surface area contributed by atoms with Crippen molar-refractivity contribution in [2.45, 2.75) is 46.7 Å². The van der Waals surface area contributed by atoms with Crippen molar-refractivity contribution in [3.63, 3.8) is 0 Å². The summed E-state index contributed by atoms with van der Waals surface area (Å²) in [7, 11) is 0. The van der Waals surface area contributed by atoms with Crippen molar-refractivity contribution in [3.05, 3.63) is 95.2 Å². The zero-order valence-electron chi connectivity index (χ0n) is 19.0. The Labute approximate surface area is 188 Å². The standard InChI is InChI=1S/C24H23FN4O.C2H6/c1-3-21-16(2)29-15-19(11-12-23(29)28-21)27-24(30)18-9-7-17(8-10-18)14-20(25)22-6-4-5-13-26-22;1-2/h4-13,15,20H,3,14H2,1-2H3,(H,27,30);1-2H3. The van der Waals surface area contributed by atoms with Gasteiger partial charge in [-0.15, -0.1) is 0 Å². The van der Waals surface area contributed by atoms with E-state index in [0.29, 0.717) is 16.9 Å². The summed E-state index contributed by atoms with van der Waals surface area (Å²) in [6.45, 7) is 8.09. The molecule has 0 aliphatic rings. The number of anilines is 1. The predicted octanol–water partition coefficient (Wildman–Crippen LogP) is 6.13. The molecule has 1 aromatic carbocycles. The van der Waals surface area contributed by atoms with E-state index in [1.54, 1.807) is 48.7 Å². The fourth-order valence-corrected chi connectivity index (χ4v) is 3.49. The second kappa shape index (κ2) is 10.7. The molecule has 0 aliphatic heterocycles. The van der Waals surface area contributed by atoms with Gasteiger partial charge in [0.05, 0.1) is 17.1 Å². The smallest absolute Gasteiger partial charge is 0.255 e. The lowest BCUT2D eigenvalue weighted by Crippen LogP contribution is -2.12. The summed E-state index contributed by atoms with van der Waals surface area (Å²) in [5, 5.41) is 2.92. The summed E-state index contributed by atoms with van der Waals surface area (Å²) >= 11 is 0. The van der Waals surface area contributed by atoms with E-state index in [-0.39, 0.29) is 12.3 Å². The van der Waals surface area contributed by atoms with Gasteiger partial charge in [-0.25, -0.2) is 9.37 Å². The number of halogens is 1. The number of aryl methyl sites for hydroxylation is 2. The highest BCUT2D eigenvalue weighted by molar-refractivity contribution is 6.04. The van der Waals surface area contributed by atoms with Crippen LogP contribution in [0.2, 0.25) is 0 Å². The third kappa shape index (κ3) is 5.19. The molecule has 1 N–H and O–H groups in total. The summed E-state index contributed by atoms with van der Waals surface area (Å²) in [6.07, 6.45) is 3.37. The summed E-state index contributed by atoms with van der Waals surface area (Å²) < 4.78 is 16.4. The molecule has 0 fully saturated rings. The first-order chi connectivity index (χ1) is 15.5. The average molecular weight is 433 g/mol. The van der Waals surface area contributed by atoms with Crippen molar-refractivity contribution < 1.29 is 9.18 Å². The Bertz CT molecular complexity index is 1170. The van der Waals surface area contributed by atoms with Gasteiger partial charge in [-0.1, -0.05) is 39.0 Å². The summed E-state index contributed by atoms with van der Waals surface area (Å²) in [6, 6.07) is 15.9. The van der Waals surface area contributed by atoms with Crippen LogP contribution >= 0.6 is 0 Å². The molecule has 0 aliphatic carbocycles. The highest BCUT2D eigenvalue weighted by atomic mass is 19.1. The number of pyridine rings is 2. The SMILES string of the molecule is CC.CCc1nc2ccc(NC(=O)c3ccc(CC(F)c4ccccn4)cc3)cn2c1C. The number of benzene rings is 1. The maximum atomic E-state index is 14.4. The minimum Gasteiger partial charge on any atom is -0.321 e. The quantitative estimate of drug-likeness (QED) is 0.399. The number of fused-ring (bicyclic) bond motifs is 1. The van der Waals surface area contributed by atoms with Crippen molar-refractivity contribution in [1.82, 2.24) is 14.4 Å². The second-order valence-electron chi connectivity index (χ2n) is 7.22. The van der Waals surface area contributed by atoms with Gasteiger partial charge in [0, 0.05) is 30.1 Å². The number of alkyl halides is 1. The zero-order chi connectivity index (χ0) is 23.1. The van der Waals surface area contributed by atoms with Crippen molar-refractivity contribution in [2.75, 3.05) is 5.32 Å². The van der Waals surface area contributed by atoms with Gasteiger partial charge in [-0.2, -0.15) is 0 Å². The van der Waals surface area contributed by atoms with E-state index in [2.05, 4.69) is 22.2 Å². The van der Waals surface area contributed by atoms with Gasteiger partial charge in [-0.3, -0.25) is 9.78 Å². The molecule has 4 rings (SSSR count). The molecule has 0 saturated heterocycles. The highest BCUT2D eigenvalue weighted by Crippen LogP contribution is 2.21. The van der Waals surface area contributed by atoms with Gasteiger partial charge in [0.25, 0.3) is 5.91 Å². The largest absolute Gasteiger partial charge is 0.321 e. The highest BCUT2D eigenvalue weighted by Gasteiger charge is 2.13. The first kappa shape index (κ1) is 23.1. The van der Waals surface area contributed by atoms with E-state index in [0.717, 1.165) is 29.0 Å². The van der Waals surface area contributed by atoms with Gasteiger partial charge in [-0.05, 0) is 55.3 Å². The number of hydrogen-bond donors (Lipinski definition) is 1. The third-order valence-corrected chi connectivity index (χ3v) is 5.19. The van der Waals surface area contributed by atoms with Crippen LogP contribution in [0.1, 0.15) is 59.9 Å². The molecule has 166 valence electrons. The van der Waals surface area contributed by atoms with Crippen LogP contribution in [0.3, 0.4) is 0 Å². The number of nitrogens with zero attached hydrogens (tertiary/aromatic N) is 3. The molecule has 1 amide bonds. The fraction of sp³-hybridized carbons (Fsp3) is 0.269. The lowest BCUT2D eigenvalue weighted by molar-refractivity contribution is 0.102. The molecule has 32 heavy (non-hydrogen) atoms. The van der Waals surface area contributed by atoms with Crippen molar-refractivity contribution in [3.8, 4) is 0 Å². The lowest BCUT2D eigenvalue weighted by Gasteiger charge is -2.09. The lowest BCUT2D eigenvalue weighted by atomic mass is 10.0. The number of carbonyl (C=O) groups excluding carboxylic acids is 1. The topological polar surface area (TPSA) is 59.3 Å². The number of nitrogens with one attached hydrogen (secondary N) is 1. The van der Waals surface area contributed by atoms with Crippen LogP contribution in [0.4, 0.5) is 10.1 Å². The first-order valence-corrected chi connectivity index (χ1v) is 11.0. The van der Waals surface area contributed by atoms with Crippen LogP contribution in [0.5, 0.6) is 0 Å². The van der Waals surface area contributed by atoms with Crippen LogP contribution in [0.25, 0.3) is 5.65 Å². The first-order valence-electron chi connectivity index (χ1n) is 11.0. The summed E-state index contributed by atoms with van der Waals surface area (Å²) in [5.74, 6) is -0.212. The van der Waals surface area contributed by atoms with Crippen LogP contribution in [0, 0.1) is 6.92 Å². The van der Waals surface area contributed by atoms with Crippen molar-refractivity contribution >= 4 is 17.2 Å². The minimum absolute atomic E-state index is 0.212. The second-order valence-corrected chi connectivity index (χ2v) is 7.22. The maximum absolute atomic E-state index is 14.4. The van der Waals surface area contributed by atoms with Gasteiger partial charge in [0.15, 0.2) is 0 Å². The molecule has 6 heteroatoms. The molecule has 5 nitrogen and oxygen atoms in total. The molecule has 0 radical (unpaired) electrons. The van der Waals surface area contributed by atoms with E-state index < -0.39 is 6.17 Å². The molecule has 4 aromatic rings. The van der Waals surface area contributed by atoms with Crippen molar-refractivity contribution in [1.29, 1.82) is 0 Å². The van der Waals surface area contributed by atoms with E-state index in [1.165, 1.54) is 0 Å². The molecule has 1 unspecified atom stereocenters. The predicted molar refractivity (Wildman–Crippen MR) is 127 cm³/mol. The monoisotopic (exact) mass is 432 g/mol. The number of hydrogen-bond acceptors (Lipinski definition) is 3. The van der Waals surface area contributed by atoms with E-state index in [9.17, 15) is 9.18 Å². The van der Waals surface area contributed by atoms with E-state index in [4.69, 9.17) is 0 Å². The summed E-state index contributed by atoms with van der Waals surface area (Å²) in [4.78, 5) is 21.3. The molecule has 0 saturated carbocycles. The Morgan fingerprint density at radius 3 is 2.50 bits per heavy atom. The zero-order valence-corrected chi connectivity index (χ0v) is 19.0. The number of aromatic nitrogens is 3. The van der Waals surface area contributed by atoms with Gasteiger partial charge in [0.2, 0.25) is 0 Å². The molecule has 0 bridgehead atoms. The molecule has 0 spiro atoms. The van der Waals surface area contributed by atoms with Crippen LogP contribution in [-0.2, 0) is 12.8 Å². The van der Waals surface area contributed by atoms with Crippen LogP contribution in [0.15, 0.2) is 67.0 Å². The average Bonchev–Trinajstić information content (AvgIpc) is 3.16. The number of rotatable bonds is 6. The van der Waals surface area contributed by atoms with Gasteiger partial charge >= 0.3 is 0 Å². The van der Waals surface area contributed by atoms with E-state index >= 15 is 0 Å². The molecular weight excluding hydrogens is 403 g/mol.